The molecular weight excluding hydrogens is 255 g/mol. The molecule has 1 unspecified atom stereocenters. The molecule has 0 aliphatic carbocycles. The topological polar surface area (TPSA) is 37.3 Å². The molecule has 72 valence electrons. The average molecular weight is 276 g/mol. The zero-order valence-electron chi connectivity index (χ0n) is 7.47. The molecule has 0 aromatic carbocycles. The van der Waals surface area contributed by atoms with Crippen LogP contribution in [0, 0.1) is 5.92 Å². The van der Waals surface area contributed by atoms with Gasteiger partial charge in [-0.05, 0) is 12.3 Å². The zero-order chi connectivity index (χ0) is 8.69. The van der Waals surface area contributed by atoms with Gasteiger partial charge in [-0.25, -0.2) is 0 Å². The van der Waals surface area contributed by atoms with Crippen molar-refractivity contribution < 1.29 is 9.90 Å². The fraction of sp³-hybridized carbons (Fsp3) is 0.889. The Kier molecular flexibility index (Phi) is 11.7. The molecule has 12 heavy (non-hydrogen) atoms. The minimum atomic E-state index is -0.673. The van der Waals surface area contributed by atoms with E-state index in [4.69, 9.17) is 5.11 Å². The van der Waals surface area contributed by atoms with Crippen molar-refractivity contribution in [1.82, 2.24) is 0 Å². The van der Waals surface area contributed by atoms with Crippen molar-refractivity contribution in [3.8, 4) is 0 Å². The number of hydrogen-bond donors (Lipinski definition) is 1. The Hall–Kier alpha value is 0.340. The fourth-order valence-corrected chi connectivity index (χ4v) is 1.07. The quantitative estimate of drug-likeness (QED) is 0.798. The van der Waals surface area contributed by atoms with Crippen molar-refractivity contribution in [1.29, 1.82) is 0 Å². The molecule has 0 spiro atoms. The molecule has 0 amide bonds. The Morgan fingerprint density at radius 2 is 2.00 bits per heavy atom. The zero-order valence-corrected chi connectivity index (χ0v) is 7.47. The van der Waals surface area contributed by atoms with Crippen LogP contribution in [0.4, 0.5) is 0 Å². The summed E-state index contributed by atoms with van der Waals surface area (Å²) in [4.78, 5) is 10.2. The van der Waals surface area contributed by atoms with Crippen LogP contribution >= 0.6 is 0 Å². The number of hydrogen-bond acceptors (Lipinski definition) is 1. The summed E-state index contributed by atoms with van der Waals surface area (Å²) >= 11 is 0. The third kappa shape index (κ3) is 10.3. The fourth-order valence-electron chi connectivity index (χ4n) is 1.07. The Labute approximate surface area is 93.5 Å². The Balaban J connectivity index is 0. The summed E-state index contributed by atoms with van der Waals surface area (Å²) in [5.74, 6) is -0.0978. The molecule has 0 aliphatic rings. The molecule has 0 bridgehead atoms. The molecule has 0 saturated heterocycles. The van der Waals surface area contributed by atoms with E-state index in [0.717, 1.165) is 6.42 Å². The predicted molar refractivity (Wildman–Crippen MR) is 55.5 cm³/mol. The molecule has 0 aromatic heterocycles. The standard InChI is InChI=1S/C9H18O2.In.3H/c1-3-4-5-8(2)6-7-9(10)11;;;;/h8H,3-7H2,1-2H3,(H,10,11);;;;. The van der Waals surface area contributed by atoms with Crippen molar-refractivity contribution in [2.24, 2.45) is 5.92 Å². The van der Waals surface area contributed by atoms with Gasteiger partial charge in [-0.1, -0.05) is 33.1 Å². The summed E-state index contributed by atoms with van der Waals surface area (Å²) in [6.07, 6.45) is 4.75. The number of carbonyl (C=O) groups is 1. The van der Waals surface area contributed by atoms with Crippen LogP contribution in [-0.4, -0.2) is 36.9 Å². The van der Waals surface area contributed by atoms with Crippen LogP contribution in [0.15, 0.2) is 0 Å². The van der Waals surface area contributed by atoms with E-state index in [2.05, 4.69) is 13.8 Å². The summed E-state index contributed by atoms with van der Waals surface area (Å²) in [5, 5.41) is 8.39. The monoisotopic (exact) mass is 276 g/mol. The van der Waals surface area contributed by atoms with Gasteiger partial charge in [0, 0.05) is 6.42 Å². The number of aliphatic carboxylic acids is 1. The summed E-state index contributed by atoms with van der Waals surface area (Å²) in [5.41, 5.74) is 0. The molecular formula is C9H21InO2. The molecule has 3 heteroatoms. The predicted octanol–water partition coefficient (Wildman–Crippen LogP) is 1.49. The Morgan fingerprint density at radius 1 is 1.42 bits per heavy atom. The normalized spacial score (nSPS) is 11.8. The molecule has 0 fully saturated rings. The second kappa shape index (κ2) is 9.43. The SMILES string of the molecule is CCCCC(C)CCC(=O)O.[InH3]. The van der Waals surface area contributed by atoms with Gasteiger partial charge in [0.2, 0.25) is 0 Å². The maximum absolute atomic E-state index is 10.2. The van der Waals surface area contributed by atoms with Gasteiger partial charge >= 0.3 is 31.8 Å². The minimum absolute atomic E-state index is 0. The first-order valence-corrected chi connectivity index (χ1v) is 4.38. The van der Waals surface area contributed by atoms with Gasteiger partial charge in [0.15, 0.2) is 0 Å². The molecule has 0 radical (unpaired) electrons. The van der Waals surface area contributed by atoms with Crippen molar-refractivity contribution in [2.45, 2.75) is 46.0 Å². The van der Waals surface area contributed by atoms with Gasteiger partial charge in [-0.2, -0.15) is 0 Å². The van der Waals surface area contributed by atoms with Gasteiger partial charge in [0.25, 0.3) is 0 Å². The van der Waals surface area contributed by atoms with Crippen molar-refractivity contribution in [2.75, 3.05) is 0 Å². The number of unbranched alkanes of at least 4 members (excludes halogenated alkanes) is 1. The summed E-state index contributed by atoms with van der Waals surface area (Å²) in [6, 6.07) is 0. The van der Waals surface area contributed by atoms with Gasteiger partial charge in [0.1, 0.15) is 0 Å². The molecule has 0 heterocycles. The molecule has 1 N–H and O–H groups in total. The summed E-state index contributed by atoms with van der Waals surface area (Å²) in [6.45, 7) is 4.28. The van der Waals surface area contributed by atoms with E-state index >= 15 is 0 Å². The van der Waals surface area contributed by atoms with E-state index in [1.807, 2.05) is 0 Å². The van der Waals surface area contributed by atoms with Crippen LogP contribution in [0.1, 0.15) is 46.0 Å². The number of carboxylic acid groups (broad SMARTS) is 1. The molecule has 2 nitrogen and oxygen atoms in total. The van der Waals surface area contributed by atoms with E-state index in [1.54, 1.807) is 0 Å². The second-order valence-corrected chi connectivity index (χ2v) is 3.18. The first kappa shape index (κ1) is 14.8. The van der Waals surface area contributed by atoms with E-state index < -0.39 is 5.97 Å². The van der Waals surface area contributed by atoms with Gasteiger partial charge in [0.05, 0.1) is 0 Å². The van der Waals surface area contributed by atoms with E-state index in [9.17, 15) is 4.79 Å². The Morgan fingerprint density at radius 3 is 2.42 bits per heavy atom. The first-order chi connectivity index (χ1) is 5.16. The van der Waals surface area contributed by atoms with Crippen molar-refractivity contribution >= 4 is 31.8 Å². The second-order valence-electron chi connectivity index (χ2n) is 3.18. The Bertz CT molecular complexity index is 115. The first-order valence-electron chi connectivity index (χ1n) is 4.38. The van der Waals surface area contributed by atoms with Crippen LogP contribution in [0.25, 0.3) is 0 Å². The van der Waals surface area contributed by atoms with Gasteiger partial charge in [-0.15, -0.1) is 0 Å². The number of carboxylic acids is 1. The number of rotatable bonds is 6. The van der Waals surface area contributed by atoms with Gasteiger partial charge < -0.3 is 5.11 Å². The summed E-state index contributed by atoms with van der Waals surface area (Å²) in [7, 11) is 0. The molecule has 0 saturated carbocycles. The summed E-state index contributed by atoms with van der Waals surface area (Å²) < 4.78 is 0. The third-order valence-corrected chi connectivity index (χ3v) is 1.90. The van der Waals surface area contributed by atoms with Gasteiger partial charge in [-0.3, -0.25) is 4.79 Å². The van der Waals surface area contributed by atoms with Crippen molar-refractivity contribution in [3.05, 3.63) is 0 Å². The van der Waals surface area contributed by atoms with Crippen LogP contribution in [0.3, 0.4) is 0 Å². The van der Waals surface area contributed by atoms with E-state index in [-0.39, 0.29) is 25.8 Å². The van der Waals surface area contributed by atoms with E-state index in [1.165, 1.54) is 19.3 Å². The van der Waals surface area contributed by atoms with Crippen LogP contribution in [0.5, 0.6) is 0 Å². The van der Waals surface area contributed by atoms with Crippen LogP contribution in [-0.2, 0) is 4.79 Å². The van der Waals surface area contributed by atoms with Crippen LogP contribution in [0.2, 0.25) is 0 Å². The average Bonchev–Trinajstić information content (AvgIpc) is 1.97. The third-order valence-electron chi connectivity index (χ3n) is 1.90. The molecule has 0 aromatic rings. The molecule has 0 rings (SSSR count). The van der Waals surface area contributed by atoms with Crippen LogP contribution < -0.4 is 0 Å². The van der Waals surface area contributed by atoms with Crippen molar-refractivity contribution in [3.63, 3.8) is 0 Å². The van der Waals surface area contributed by atoms with E-state index in [0.29, 0.717) is 12.3 Å². The maximum atomic E-state index is 10.2. The molecule has 1 atom stereocenters. The molecule has 0 aliphatic heterocycles.